The number of benzene rings is 3. The van der Waals surface area contributed by atoms with Crippen LogP contribution in [0.1, 0.15) is 29.5 Å². The Morgan fingerprint density at radius 2 is 1.70 bits per heavy atom. The highest BCUT2D eigenvalue weighted by molar-refractivity contribution is 6.02. The molecule has 154 valence electrons. The number of methoxy groups -OCH3 is 1. The fourth-order valence-electron chi connectivity index (χ4n) is 3.13. The monoisotopic (exact) mass is 403 g/mol. The van der Waals surface area contributed by atoms with Crippen molar-refractivity contribution >= 4 is 34.5 Å². The van der Waals surface area contributed by atoms with Gasteiger partial charge in [-0.1, -0.05) is 36.4 Å². The van der Waals surface area contributed by atoms with Gasteiger partial charge in [0.05, 0.1) is 13.3 Å². The first-order chi connectivity index (χ1) is 14.5. The molecule has 0 radical (unpaired) electrons. The number of hydrogen-bond donors (Lipinski definition) is 2. The van der Waals surface area contributed by atoms with Crippen LogP contribution < -0.4 is 15.5 Å². The number of fused-ring (bicyclic) bond motifs is 1. The third-order valence-electron chi connectivity index (χ3n) is 4.78. The van der Waals surface area contributed by atoms with Gasteiger partial charge in [-0.05, 0) is 48.6 Å². The zero-order valence-corrected chi connectivity index (χ0v) is 17.4. The summed E-state index contributed by atoms with van der Waals surface area (Å²) >= 11 is 0. The van der Waals surface area contributed by atoms with E-state index in [-0.39, 0.29) is 24.7 Å². The van der Waals surface area contributed by atoms with Gasteiger partial charge in [-0.3, -0.25) is 9.59 Å². The molecule has 0 fully saturated rings. The number of hydrogen-bond acceptors (Lipinski definition) is 4. The minimum atomic E-state index is -0.319. The van der Waals surface area contributed by atoms with Crippen molar-refractivity contribution in [3.8, 4) is 5.75 Å². The fraction of sp³-hybridized carbons (Fsp3) is 0.208. The first-order valence-corrected chi connectivity index (χ1v) is 9.72. The number of amides is 2. The highest BCUT2D eigenvalue weighted by Crippen LogP contribution is 2.27. The Morgan fingerprint density at radius 3 is 2.47 bits per heavy atom. The number of rotatable bonds is 7. The maximum absolute atomic E-state index is 12.1. The van der Waals surface area contributed by atoms with E-state index in [4.69, 9.17) is 4.74 Å². The van der Waals surface area contributed by atoms with Crippen molar-refractivity contribution in [1.29, 1.82) is 0 Å². The van der Waals surface area contributed by atoms with E-state index in [9.17, 15) is 9.59 Å². The van der Waals surface area contributed by atoms with Crippen LogP contribution in [0.25, 0.3) is 10.8 Å². The van der Waals surface area contributed by atoms with Crippen molar-refractivity contribution in [2.75, 3.05) is 12.4 Å². The molecule has 2 N–H and O–H groups in total. The highest BCUT2D eigenvalue weighted by Gasteiger charge is 2.09. The molecule has 0 atom stereocenters. The van der Waals surface area contributed by atoms with Gasteiger partial charge >= 0.3 is 0 Å². The molecule has 0 saturated carbocycles. The van der Waals surface area contributed by atoms with Crippen LogP contribution in [0.15, 0.2) is 59.7 Å². The van der Waals surface area contributed by atoms with Crippen molar-refractivity contribution in [3.05, 3.63) is 71.3 Å². The molecule has 2 amide bonds. The van der Waals surface area contributed by atoms with Crippen molar-refractivity contribution in [3.63, 3.8) is 0 Å². The predicted octanol–water partition coefficient (Wildman–Crippen LogP) is 4.33. The quantitative estimate of drug-likeness (QED) is 0.455. The second kappa shape index (κ2) is 9.69. The molecule has 0 unspecified atom stereocenters. The summed E-state index contributed by atoms with van der Waals surface area (Å²) in [5.41, 5.74) is 6.16. The van der Waals surface area contributed by atoms with E-state index in [0.717, 1.165) is 38.9 Å². The molecule has 0 bridgehead atoms. The number of nitrogens with zero attached hydrogens (tertiary/aromatic N) is 1. The summed E-state index contributed by atoms with van der Waals surface area (Å²) in [6.45, 7) is 3.89. The van der Waals surface area contributed by atoms with Crippen LogP contribution in [0.2, 0.25) is 0 Å². The minimum absolute atomic E-state index is 0.0530. The molecule has 0 aliphatic carbocycles. The topological polar surface area (TPSA) is 79.8 Å². The zero-order chi connectivity index (χ0) is 21.5. The lowest BCUT2D eigenvalue weighted by atomic mass is 10.0. The van der Waals surface area contributed by atoms with Gasteiger partial charge in [-0.25, -0.2) is 5.43 Å². The molecule has 3 aromatic rings. The van der Waals surface area contributed by atoms with E-state index in [1.54, 1.807) is 13.3 Å². The van der Waals surface area contributed by atoms with Crippen molar-refractivity contribution in [2.24, 2.45) is 5.10 Å². The molecule has 0 aromatic heterocycles. The van der Waals surface area contributed by atoms with Gasteiger partial charge in [0.15, 0.2) is 0 Å². The van der Waals surface area contributed by atoms with Crippen LogP contribution >= 0.6 is 0 Å². The van der Waals surface area contributed by atoms with Crippen molar-refractivity contribution in [2.45, 2.75) is 26.7 Å². The number of hydrazone groups is 1. The van der Waals surface area contributed by atoms with E-state index >= 15 is 0 Å². The summed E-state index contributed by atoms with van der Waals surface area (Å²) in [4.78, 5) is 24.2. The largest absolute Gasteiger partial charge is 0.496 e. The maximum atomic E-state index is 12.1. The van der Waals surface area contributed by atoms with E-state index in [2.05, 4.69) is 15.8 Å². The first kappa shape index (κ1) is 21.0. The lowest BCUT2D eigenvalue weighted by molar-refractivity contribution is -0.124. The van der Waals surface area contributed by atoms with Gasteiger partial charge in [-0.15, -0.1) is 0 Å². The summed E-state index contributed by atoms with van der Waals surface area (Å²) in [7, 11) is 1.63. The molecule has 0 aliphatic rings. The number of carbonyl (C=O) groups is 2. The third kappa shape index (κ3) is 5.23. The molecule has 3 aromatic carbocycles. The summed E-state index contributed by atoms with van der Waals surface area (Å²) in [6.07, 6.45) is 1.73. The summed E-state index contributed by atoms with van der Waals surface area (Å²) in [5.74, 6) is 0.255. The average molecular weight is 403 g/mol. The fourth-order valence-corrected chi connectivity index (χ4v) is 3.13. The summed E-state index contributed by atoms with van der Waals surface area (Å²) < 4.78 is 5.38. The highest BCUT2D eigenvalue weighted by atomic mass is 16.5. The number of ether oxygens (including phenoxy) is 1. The van der Waals surface area contributed by atoms with Gasteiger partial charge in [0.2, 0.25) is 11.8 Å². The van der Waals surface area contributed by atoms with Gasteiger partial charge < -0.3 is 10.1 Å². The Labute approximate surface area is 175 Å². The molecule has 6 heteroatoms. The van der Waals surface area contributed by atoms with Gasteiger partial charge in [0, 0.05) is 29.5 Å². The molecule has 3 rings (SSSR count). The van der Waals surface area contributed by atoms with Crippen LogP contribution in [-0.2, 0) is 9.59 Å². The summed E-state index contributed by atoms with van der Waals surface area (Å²) in [5, 5.41) is 8.83. The Balaban J connectivity index is 1.55. The predicted molar refractivity (Wildman–Crippen MR) is 120 cm³/mol. The number of nitrogens with one attached hydrogen (secondary N) is 2. The number of carbonyl (C=O) groups excluding carboxylic acids is 2. The van der Waals surface area contributed by atoms with Crippen molar-refractivity contribution < 1.29 is 14.3 Å². The van der Waals surface area contributed by atoms with E-state index in [0.29, 0.717) is 0 Å². The Hall–Kier alpha value is -3.67. The molecule has 0 aliphatic heterocycles. The molecule has 0 spiro atoms. The van der Waals surface area contributed by atoms with E-state index in [1.165, 1.54) is 0 Å². The average Bonchev–Trinajstić information content (AvgIpc) is 2.75. The lowest BCUT2D eigenvalue weighted by Crippen LogP contribution is -2.21. The summed E-state index contributed by atoms with van der Waals surface area (Å²) in [6, 6.07) is 17.4. The molecular formula is C24H25N3O3. The standard InChI is InChI=1S/C24H25N3O3/c1-16-8-9-17(2)21(14-16)26-23(28)12-13-24(29)27-25-15-18-10-11-22(30-3)20-7-5-4-6-19(18)20/h4-11,14-15H,12-13H2,1-3H3,(H,26,28)(H,27,29)/b25-15+. The first-order valence-electron chi connectivity index (χ1n) is 9.72. The van der Waals surface area contributed by atoms with Gasteiger partial charge in [0.25, 0.3) is 0 Å². The number of aryl methyl sites for hydroxylation is 2. The Morgan fingerprint density at radius 1 is 0.967 bits per heavy atom. The van der Waals surface area contributed by atoms with Gasteiger partial charge in [0.1, 0.15) is 5.75 Å². The Kier molecular flexibility index (Phi) is 6.80. The maximum Gasteiger partial charge on any atom is 0.240 e. The van der Waals surface area contributed by atoms with Crippen LogP contribution in [0.4, 0.5) is 5.69 Å². The lowest BCUT2D eigenvalue weighted by Gasteiger charge is -2.09. The molecule has 0 saturated heterocycles. The normalized spacial score (nSPS) is 10.9. The molecule has 0 heterocycles. The van der Waals surface area contributed by atoms with E-state index < -0.39 is 0 Å². The molecular weight excluding hydrogens is 378 g/mol. The molecule has 6 nitrogen and oxygen atoms in total. The van der Waals surface area contributed by atoms with Crippen LogP contribution in [0.5, 0.6) is 5.75 Å². The smallest absolute Gasteiger partial charge is 0.240 e. The molecule has 30 heavy (non-hydrogen) atoms. The Bertz CT molecular complexity index is 1110. The van der Waals surface area contributed by atoms with Gasteiger partial charge in [-0.2, -0.15) is 5.10 Å². The second-order valence-corrected chi connectivity index (χ2v) is 7.06. The van der Waals surface area contributed by atoms with Crippen LogP contribution in [-0.4, -0.2) is 25.1 Å². The van der Waals surface area contributed by atoms with E-state index in [1.807, 2.05) is 68.4 Å². The zero-order valence-electron chi connectivity index (χ0n) is 17.4. The van der Waals surface area contributed by atoms with Crippen LogP contribution in [0.3, 0.4) is 0 Å². The number of anilines is 1. The van der Waals surface area contributed by atoms with Crippen LogP contribution in [0, 0.1) is 13.8 Å². The second-order valence-electron chi connectivity index (χ2n) is 7.06. The third-order valence-corrected chi connectivity index (χ3v) is 4.78. The minimum Gasteiger partial charge on any atom is -0.496 e. The van der Waals surface area contributed by atoms with Crippen molar-refractivity contribution in [1.82, 2.24) is 5.43 Å². The SMILES string of the molecule is COc1ccc(/C=N/NC(=O)CCC(=O)Nc2cc(C)ccc2C)c2ccccc12.